The second kappa shape index (κ2) is 7.59. The lowest BCUT2D eigenvalue weighted by atomic mass is 9.98. The first-order chi connectivity index (χ1) is 11.7. The van der Waals surface area contributed by atoms with Crippen LogP contribution in [0.5, 0.6) is 0 Å². The molecule has 1 aromatic heterocycles. The molecule has 1 aliphatic rings. The van der Waals surface area contributed by atoms with Crippen LogP contribution in [0.3, 0.4) is 0 Å². The van der Waals surface area contributed by atoms with Crippen LogP contribution in [-0.4, -0.2) is 51.6 Å². The molecule has 0 radical (unpaired) electrons. The molecule has 2 aromatic rings. The molecule has 0 unspecified atom stereocenters. The summed E-state index contributed by atoms with van der Waals surface area (Å²) >= 11 is 0. The van der Waals surface area contributed by atoms with E-state index in [1.54, 1.807) is 10.9 Å². The molecular weight excluding hydrogens is 306 g/mol. The molecule has 1 saturated heterocycles. The van der Waals surface area contributed by atoms with Crippen LogP contribution < -0.4 is 0 Å². The zero-order chi connectivity index (χ0) is 16.9. The van der Waals surface area contributed by atoms with Gasteiger partial charge in [-0.25, -0.2) is 0 Å². The molecular formula is C18H23N3O3. The van der Waals surface area contributed by atoms with Crippen molar-refractivity contribution >= 4 is 5.91 Å². The molecule has 2 heterocycles. The summed E-state index contributed by atoms with van der Waals surface area (Å²) in [6.07, 6.45) is 3.70. The van der Waals surface area contributed by atoms with Crippen LogP contribution in [0.1, 0.15) is 23.6 Å². The summed E-state index contributed by atoms with van der Waals surface area (Å²) in [5.74, 6) is 0.0544. The number of hydrogen-bond donors (Lipinski definition) is 1. The highest BCUT2D eigenvalue weighted by Crippen LogP contribution is 2.30. The topological polar surface area (TPSA) is 67.6 Å². The van der Waals surface area contributed by atoms with E-state index in [1.165, 1.54) is 0 Å². The predicted octanol–water partition coefficient (Wildman–Crippen LogP) is 1.54. The maximum absolute atomic E-state index is 12.8. The van der Waals surface area contributed by atoms with Crippen molar-refractivity contribution in [3.8, 4) is 0 Å². The van der Waals surface area contributed by atoms with Gasteiger partial charge in [-0.15, -0.1) is 0 Å². The number of carbonyl (C=O) groups excluding carboxylic acids is 1. The van der Waals surface area contributed by atoms with E-state index in [1.807, 2.05) is 48.4 Å². The standard InChI is InChI=1S/C18H23N3O3/c1-14-11-19-20(12-14)8-7-17(23)21-9-10-24-16(13-22)18(21)15-5-3-2-4-6-15/h2-6,11-12,16,18,22H,7-10,13H2,1H3/t16-,18-/m1/s1. The van der Waals surface area contributed by atoms with Crippen molar-refractivity contribution in [2.75, 3.05) is 19.8 Å². The fourth-order valence-electron chi connectivity index (χ4n) is 3.15. The Morgan fingerprint density at radius 1 is 1.38 bits per heavy atom. The largest absolute Gasteiger partial charge is 0.394 e. The number of hydrogen-bond acceptors (Lipinski definition) is 4. The second-order valence-electron chi connectivity index (χ2n) is 6.07. The molecule has 2 atom stereocenters. The van der Waals surface area contributed by atoms with Crippen LogP contribution in [0.4, 0.5) is 0 Å². The highest BCUT2D eigenvalue weighted by atomic mass is 16.5. The Bertz CT molecular complexity index is 671. The van der Waals surface area contributed by atoms with E-state index < -0.39 is 6.10 Å². The van der Waals surface area contributed by atoms with Crippen LogP contribution in [0.15, 0.2) is 42.7 Å². The summed E-state index contributed by atoms with van der Waals surface area (Å²) in [4.78, 5) is 14.6. The Hall–Kier alpha value is -2.18. The average Bonchev–Trinajstić information content (AvgIpc) is 3.05. The van der Waals surface area contributed by atoms with Crippen molar-refractivity contribution in [3.05, 3.63) is 53.9 Å². The fraction of sp³-hybridized carbons (Fsp3) is 0.444. The number of ether oxygens (including phenoxy) is 1. The maximum atomic E-state index is 12.8. The van der Waals surface area contributed by atoms with Crippen molar-refractivity contribution < 1.29 is 14.6 Å². The number of amides is 1. The number of aliphatic hydroxyl groups excluding tert-OH is 1. The van der Waals surface area contributed by atoms with Crippen LogP contribution in [0.25, 0.3) is 0 Å². The number of carbonyl (C=O) groups is 1. The molecule has 1 aromatic carbocycles. The lowest BCUT2D eigenvalue weighted by Crippen LogP contribution is -2.49. The van der Waals surface area contributed by atoms with Gasteiger partial charge in [-0.05, 0) is 18.1 Å². The molecule has 0 saturated carbocycles. The Morgan fingerprint density at radius 2 is 2.17 bits per heavy atom. The summed E-state index contributed by atoms with van der Waals surface area (Å²) in [7, 11) is 0. The van der Waals surface area contributed by atoms with E-state index in [0.29, 0.717) is 26.1 Å². The summed E-state index contributed by atoms with van der Waals surface area (Å²) in [5, 5.41) is 13.9. The third-order valence-electron chi connectivity index (χ3n) is 4.31. The molecule has 24 heavy (non-hydrogen) atoms. The molecule has 1 N–H and O–H groups in total. The number of aliphatic hydroxyl groups is 1. The van der Waals surface area contributed by atoms with Gasteiger partial charge in [0.1, 0.15) is 6.10 Å². The summed E-state index contributed by atoms with van der Waals surface area (Å²) in [6.45, 7) is 3.40. The van der Waals surface area contributed by atoms with Gasteiger partial charge in [0, 0.05) is 25.7 Å². The lowest BCUT2D eigenvalue weighted by molar-refractivity contribution is -0.150. The lowest BCUT2D eigenvalue weighted by Gasteiger charge is -2.41. The van der Waals surface area contributed by atoms with E-state index in [2.05, 4.69) is 5.10 Å². The number of nitrogens with zero attached hydrogens (tertiary/aromatic N) is 3. The van der Waals surface area contributed by atoms with Crippen molar-refractivity contribution in [2.24, 2.45) is 0 Å². The minimum Gasteiger partial charge on any atom is -0.394 e. The minimum atomic E-state index is -0.392. The number of benzene rings is 1. The van der Waals surface area contributed by atoms with Crippen molar-refractivity contribution in [2.45, 2.75) is 32.0 Å². The van der Waals surface area contributed by atoms with E-state index in [4.69, 9.17) is 4.74 Å². The third-order valence-corrected chi connectivity index (χ3v) is 4.31. The van der Waals surface area contributed by atoms with Gasteiger partial charge in [-0.2, -0.15) is 5.10 Å². The zero-order valence-corrected chi connectivity index (χ0v) is 13.8. The molecule has 1 amide bonds. The van der Waals surface area contributed by atoms with Gasteiger partial charge in [0.2, 0.25) is 5.91 Å². The SMILES string of the molecule is Cc1cnn(CCC(=O)N2CCO[C@H](CO)[C@H]2c2ccccc2)c1. The van der Waals surface area contributed by atoms with Gasteiger partial charge >= 0.3 is 0 Å². The molecule has 0 aliphatic carbocycles. The Balaban J connectivity index is 1.74. The smallest absolute Gasteiger partial charge is 0.225 e. The Kier molecular flexibility index (Phi) is 5.27. The van der Waals surface area contributed by atoms with Crippen molar-refractivity contribution in [3.63, 3.8) is 0 Å². The van der Waals surface area contributed by atoms with E-state index in [0.717, 1.165) is 11.1 Å². The molecule has 0 spiro atoms. The molecule has 1 aliphatic heterocycles. The predicted molar refractivity (Wildman–Crippen MR) is 89.3 cm³/mol. The summed E-state index contributed by atoms with van der Waals surface area (Å²) in [6, 6.07) is 9.50. The average molecular weight is 329 g/mol. The van der Waals surface area contributed by atoms with Gasteiger partial charge in [0.25, 0.3) is 0 Å². The van der Waals surface area contributed by atoms with Crippen molar-refractivity contribution in [1.29, 1.82) is 0 Å². The quantitative estimate of drug-likeness (QED) is 0.904. The fourth-order valence-corrected chi connectivity index (χ4v) is 3.15. The monoisotopic (exact) mass is 329 g/mol. The van der Waals surface area contributed by atoms with Crippen LogP contribution in [-0.2, 0) is 16.1 Å². The molecule has 0 bridgehead atoms. The molecule has 6 heteroatoms. The van der Waals surface area contributed by atoms with E-state index >= 15 is 0 Å². The summed E-state index contributed by atoms with van der Waals surface area (Å²) in [5.41, 5.74) is 2.07. The van der Waals surface area contributed by atoms with Gasteiger partial charge in [0.15, 0.2) is 0 Å². The van der Waals surface area contributed by atoms with Crippen LogP contribution in [0.2, 0.25) is 0 Å². The first-order valence-electron chi connectivity index (χ1n) is 8.25. The van der Waals surface area contributed by atoms with E-state index in [-0.39, 0.29) is 18.6 Å². The number of morpholine rings is 1. The third kappa shape index (κ3) is 3.66. The van der Waals surface area contributed by atoms with Crippen LogP contribution in [0, 0.1) is 6.92 Å². The van der Waals surface area contributed by atoms with Gasteiger partial charge in [-0.1, -0.05) is 30.3 Å². The second-order valence-corrected chi connectivity index (χ2v) is 6.07. The molecule has 1 fully saturated rings. The highest BCUT2D eigenvalue weighted by molar-refractivity contribution is 5.77. The first kappa shape index (κ1) is 16.7. The van der Waals surface area contributed by atoms with E-state index in [9.17, 15) is 9.90 Å². The van der Waals surface area contributed by atoms with Gasteiger partial charge < -0.3 is 14.7 Å². The molecule has 128 valence electrons. The maximum Gasteiger partial charge on any atom is 0.225 e. The van der Waals surface area contributed by atoms with Crippen molar-refractivity contribution in [1.82, 2.24) is 14.7 Å². The molecule has 3 rings (SSSR count). The Labute approximate surface area is 141 Å². The first-order valence-corrected chi connectivity index (χ1v) is 8.25. The Morgan fingerprint density at radius 3 is 2.83 bits per heavy atom. The highest BCUT2D eigenvalue weighted by Gasteiger charge is 2.35. The number of aryl methyl sites for hydroxylation is 2. The van der Waals surface area contributed by atoms with Crippen LogP contribution >= 0.6 is 0 Å². The van der Waals surface area contributed by atoms with Gasteiger partial charge in [-0.3, -0.25) is 9.48 Å². The summed E-state index contributed by atoms with van der Waals surface area (Å²) < 4.78 is 7.47. The number of rotatable bonds is 5. The zero-order valence-electron chi connectivity index (χ0n) is 13.8. The minimum absolute atomic E-state index is 0.0544. The number of aromatic nitrogens is 2. The molecule has 6 nitrogen and oxygen atoms in total. The van der Waals surface area contributed by atoms with Gasteiger partial charge in [0.05, 0.1) is 25.5 Å². The normalized spacial score (nSPS) is 21.0.